The monoisotopic (exact) mass is 343 g/mol. The Kier molecular flexibility index (Phi) is 5.31. The Hall–Kier alpha value is -2.44. The summed E-state index contributed by atoms with van der Waals surface area (Å²) in [6.07, 6.45) is 4.66. The van der Waals surface area contributed by atoms with E-state index in [0.717, 1.165) is 30.8 Å². The third-order valence-corrected chi connectivity index (χ3v) is 4.53. The molecule has 1 atom stereocenters. The lowest BCUT2D eigenvalue weighted by Gasteiger charge is -2.25. The molecule has 1 aliphatic rings. The third-order valence-electron chi connectivity index (χ3n) is 4.53. The van der Waals surface area contributed by atoms with Gasteiger partial charge in [-0.2, -0.15) is 0 Å². The van der Waals surface area contributed by atoms with Crippen molar-refractivity contribution in [2.45, 2.75) is 51.5 Å². The van der Waals surface area contributed by atoms with Crippen molar-refractivity contribution >= 4 is 11.7 Å². The van der Waals surface area contributed by atoms with Gasteiger partial charge in [-0.3, -0.25) is 4.79 Å². The van der Waals surface area contributed by atoms with E-state index in [9.17, 15) is 4.79 Å². The number of aryl methyl sites for hydroxylation is 1. The van der Waals surface area contributed by atoms with Crippen molar-refractivity contribution in [3.63, 3.8) is 0 Å². The van der Waals surface area contributed by atoms with Crippen LogP contribution in [0.25, 0.3) is 0 Å². The lowest BCUT2D eigenvalue weighted by Crippen LogP contribution is -2.30. The smallest absolute Gasteiger partial charge is 0.223 e. The molecule has 25 heavy (non-hydrogen) atoms. The number of hydrogen-bond donors (Lipinski definition) is 1. The number of carbonyl (C=O) groups excluding carboxylic acids is 1. The Morgan fingerprint density at radius 1 is 1.44 bits per heavy atom. The zero-order chi connectivity index (χ0) is 17.8. The topological polar surface area (TPSA) is 84.2 Å². The number of likely N-dealkylation sites (tertiary alicyclic amines) is 1. The lowest BCUT2D eigenvalue weighted by atomic mass is 10.1. The van der Waals surface area contributed by atoms with Gasteiger partial charge < -0.3 is 14.6 Å². The summed E-state index contributed by atoms with van der Waals surface area (Å²) >= 11 is 0. The average Bonchev–Trinajstić information content (AvgIpc) is 3.29. The van der Waals surface area contributed by atoms with Crippen LogP contribution in [0.2, 0.25) is 0 Å². The SMILES string of the molecule is CNc1cc([C@H]2CCCN2C(=O)CCc2nnc(C(C)C)o2)ccn1. The summed E-state index contributed by atoms with van der Waals surface area (Å²) < 4.78 is 5.59. The van der Waals surface area contributed by atoms with Gasteiger partial charge in [0.1, 0.15) is 5.82 Å². The molecule has 134 valence electrons. The second-order valence-corrected chi connectivity index (χ2v) is 6.66. The molecule has 1 saturated heterocycles. The average molecular weight is 343 g/mol. The van der Waals surface area contributed by atoms with E-state index in [0.29, 0.717) is 24.6 Å². The van der Waals surface area contributed by atoms with E-state index >= 15 is 0 Å². The Morgan fingerprint density at radius 3 is 3.00 bits per heavy atom. The number of hydrogen-bond acceptors (Lipinski definition) is 6. The quantitative estimate of drug-likeness (QED) is 0.868. The molecule has 0 unspecified atom stereocenters. The molecule has 0 spiro atoms. The summed E-state index contributed by atoms with van der Waals surface area (Å²) in [6, 6.07) is 4.13. The first-order chi connectivity index (χ1) is 12.1. The van der Waals surface area contributed by atoms with Crippen LogP contribution in [0.1, 0.15) is 62.4 Å². The van der Waals surface area contributed by atoms with Crippen LogP contribution in [0.15, 0.2) is 22.7 Å². The van der Waals surface area contributed by atoms with Gasteiger partial charge in [-0.1, -0.05) is 13.8 Å². The molecule has 0 radical (unpaired) electrons. The molecule has 7 nitrogen and oxygen atoms in total. The summed E-state index contributed by atoms with van der Waals surface area (Å²) in [5, 5.41) is 11.1. The Bertz CT molecular complexity index is 728. The minimum Gasteiger partial charge on any atom is -0.425 e. The van der Waals surface area contributed by atoms with Gasteiger partial charge in [-0.05, 0) is 30.5 Å². The molecule has 1 amide bonds. The first kappa shape index (κ1) is 17.4. The zero-order valence-electron chi connectivity index (χ0n) is 15.0. The molecule has 1 aliphatic heterocycles. The predicted molar refractivity (Wildman–Crippen MR) is 94.2 cm³/mol. The van der Waals surface area contributed by atoms with Gasteiger partial charge in [-0.15, -0.1) is 10.2 Å². The maximum atomic E-state index is 12.7. The first-order valence-electron chi connectivity index (χ1n) is 8.84. The van der Waals surface area contributed by atoms with E-state index in [-0.39, 0.29) is 17.9 Å². The van der Waals surface area contributed by atoms with Crippen molar-refractivity contribution in [1.82, 2.24) is 20.1 Å². The van der Waals surface area contributed by atoms with Crippen molar-refractivity contribution in [2.24, 2.45) is 0 Å². The molecule has 3 rings (SSSR count). The predicted octanol–water partition coefficient (Wildman–Crippen LogP) is 2.93. The number of nitrogens with one attached hydrogen (secondary N) is 1. The van der Waals surface area contributed by atoms with Gasteiger partial charge in [-0.25, -0.2) is 4.98 Å². The standard InChI is InChI=1S/C18H25N5O2/c1-12(2)18-22-21-16(25-18)6-7-17(24)23-10-4-5-14(23)13-8-9-20-15(11-13)19-3/h8-9,11-12,14H,4-7,10H2,1-3H3,(H,19,20)/t14-/m1/s1. The van der Waals surface area contributed by atoms with Crippen LogP contribution in [0.3, 0.4) is 0 Å². The summed E-state index contributed by atoms with van der Waals surface area (Å²) in [6.45, 7) is 4.80. The normalized spacial score (nSPS) is 17.3. The highest BCUT2D eigenvalue weighted by molar-refractivity contribution is 5.77. The highest BCUT2D eigenvalue weighted by atomic mass is 16.4. The van der Waals surface area contributed by atoms with Crippen LogP contribution >= 0.6 is 0 Å². The summed E-state index contributed by atoms with van der Waals surface area (Å²) in [4.78, 5) is 18.9. The molecule has 1 N–H and O–H groups in total. The fraction of sp³-hybridized carbons (Fsp3) is 0.556. The van der Waals surface area contributed by atoms with E-state index in [4.69, 9.17) is 4.42 Å². The van der Waals surface area contributed by atoms with E-state index < -0.39 is 0 Å². The Morgan fingerprint density at radius 2 is 2.28 bits per heavy atom. The van der Waals surface area contributed by atoms with Crippen LogP contribution in [-0.2, 0) is 11.2 Å². The van der Waals surface area contributed by atoms with Crippen molar-refractivity contribution in [2.75, 3.05) is 18.9 Å². The van der Waals surface area contributed by atoms with Gasteiger partial charge in [0.05, 0.1) is 6.04 Å². The molecule has 0 bridgehead atoms. The first-order valence-corrected chi connectivity index (χ1v) is 8.84. The fourth-order valence-electron chi connectivity index (χ4n) is 3.16. The van der Waals surface area contributed by atoms with Crippen LogP contribution in [0, 0.1) is 0 Å². The van der Waals surface area contributed by atoms with Gasteiger partial charge in [0, 0.05) is 38.5 Å². The van der Waals surface area contributed by atoms with Gasteiger partial charge in [0.2, 0.25) is 17.7 Å². The van der Waals surface area contributed by atoms with Crippen LogP contribution in [-0.4, -0.2) is 39.6 Å². The van der Waals surface area contributed by atoms with Crippen LogP contribution in [0.5, 0.6) is 0 Å². The third kappa shape index (κ3) is 3.97. The maximum absolute atomic E-state index is 12.7. The van der Waals surface area contributed by atoms with Gasteiger partial charge in [0.25, 0.3) is 0 Å². The van der Waals surface area contributed by atoms with Crippen molar-refractivity contribution < 1.29 is 9.21 Å². The lowest BCUT2D eigenvalue weighted by molar-refractivity contribution is -0.132. The van der Waals surface area contributed by atoms with E-state index in [2.05, 4.69) is 20.5 Å². The molecular weight excluding hydrogens is 318 g/mol. The number of carbonyl (C=O) groups is 1. The van der Waals surface area contributed by atoms with Crippen molar-refractivity contribution in [3.8, 4) is 0 Å². The maximum Gasteiger partial charge on any atom is 0.223 e. The highest BCUT2D eigenvalue weighted by Crippen LogP contribution is 2.33. The van der Waals surface area contributed by atoms with Crippen molar-refractivity contribution in [3.05, 3.63) is 35.7 Å². The minimum atomic E-state index is 0.122. The van der Waals surface area contributed by atoms with Crippen LogP contribution in [0.4, 0.5) is 5.82 Å². The number of aromatic nitrogens is 3. The fourth-order valence-corrected chi connectivity index (χ4v) is 3.16. The molecule has 0 saturated carbocycles. The minimum absolute atomic E-state index is 0.122. The highest BCUT2D eigenvalue weighted by Gasteiger charge is 2.30. The second kappa shape index (κ2) is 7.63. The number of pyridine rings is 1. The number of nitrogens with zero attached hydrogens (tertiary/aromatic N) is 4. The number of anilines is 1. The zero-order valence-corrected chi connectivity index (χ0v) is 15.0. The Balaban J connectivity index is 1.63. The largest absolute Gasteiger partial charge is 0.425 e. The number of rotatable bonds is 6. The van der Waals surface area contributed by atoms with Gasteiger partial charge >= 0.3 is 0 Å². The molecule has 0 aromatic carbocycles. The van der Waals surface area contributed by atoms with Crippen molar-refractivity contribution in [1.29, 1.82) is 0 Å². The molecule has 7 heteroatoms. The van der Waals surface area contributed by atoms with E-state index in [1.165, 1.54) is 0 Å². The Labute approximate surface area is 147 Å². The molecule has 2 aromatic heterocycles. The molecule has 2 aromatic rings. The molecule has 0 aliphatic carbocycles. The summed E-state index contributed by atoms with van der Waals surface area (Å²) in [5.41, 5.74) is 1.13. The van der Waals surface area contributed by atoms with Crippen LogP contribution < -0.4 is 5.32 Å². The van der Waals surface area contributed by atoms with E-state index in [1.807, 2.05) is 37.9 Å². The number of amides is 1. The van der Waals surface area contributed by atoms with Gasteiger partial charge in [0.15, 0.2) is 0 Å². The molecule has 1 fully saturated rings. The molecule has 3 heterocycles. The summed E-state index contributed by atoms with van der Waals surface area (Å²) in [7, 11) is 1.85. The summed E-state index contributed by atoms with van der Waals surface area (Å²) in [5.74, 6) is 2.32. The molecular formula is C18H25N5O2. The second-order valence-electron chi connectivity index (χ2n) is 6.66. The van der Waals surface area contributed by atoms with E-state index in [1.54, 1.807) is 6.20 Å².